The molecular formula is C29H29ClN4O2S. The molecular weight excluding hydrogens is 504 g/mol. The lowest BCUT2D eigenvalue weighted by Gasteiger charge is -2.18. The maximum absolute atomic E-state index is 13.3. The first-order chi connectivity index (χ1) is 18.0. The van der Waals surface area contributed by atoms with Gasteiger partial charge in [0.1, 0.15) is 11.0 Å². The molecule has 0 saturated carbocycles. The van der Waals surface area contributed by atoms with Gasteiger partial charge in [0.25, 0.3) is 5.91 Å². The van der Waals surface area contributed by atoms with Crippen LogP contribution in [0.3, 0.4) is 0 Å². The molecule has 0 spiro atoms. The third-order valence-electron chi connectivity index (χ3n) is 5.94. The summed E-state index contributed by atoms with van der Waals surface area (Å²) in [6, 6.07) is 23.7. The van der Waals surface area contributed by atoms with Gasteiger partial charge in [0.05, 0.1) is 0 Å². The van der Waals surface area contributed by atoms with E-state index in [9.17, 15) is 9.59 Å². The molecule has 0 unspecified atom stereocenters. The Morgan fingerprint density at radius 2 is 1.62 bits per heavy atom. The summed E-state index contributed by atoms with van der Waals surface area (Å²) in [5.74, 6) is -0.650. The monoisotopic (exact) mass is 532 g/mol. The van der Waals surface area contributed by atoms with Gasteiger partial charge < -0.3 is 5.32 Å². The smallest absolute Gasteiger partial charge is 0.251 e. The molecule has 1 heterocycles. The van der Waals surface area contributed by atoms with Crippen molar-refractivity contribution in [1.82, 2.24) is 15.5 Å². The van der Waals surface area contributed by atoms with E-state index in [1.807, 2.05) is 66.7 Å². The second-order valence-corrected chi connectivity index (χ2v) is 10.2. The van der Waals surface area contributed by atoms with Crippen molar-refractivity contribution < 1.29 is 9.59 Å². The minimum atomic E-state index is -0.790. The Labute approximate surface area is 226 Å². The first-order valence-corrected chi connectivity index (χ1v) is 13.6. The zero-order valence-corrected chi connectivity index (χ0v) is 22.2. The van der Waals surface area contributed by atoms with Gasteiger partial charge in [0.15, 0.2) is 0 Å². The number of aromatic nitrogens is 2. The van der Waals surface area contributed by atoms with E-state index in [4.69, 9.17) is 11.6 Å². The van der Waals surface area contributed by atoms with Crippen LogP contribution in [0, 0.1) is 0 Å². The van der Waals surface area contributed by atoms with Gasteiger partial charge in [0, 0.05) is 22.6 Å². The fraction of sp³-hybridized carbons (Fsp3) is 0.241. The topological polar surface area (TPSA) is 84.0 Å². The molecule has 2 amide bonds. The van der Waals surface area contributed by atoms with Gasteiger partial charge in [-0.05, 0) is 48.2 Å². The predicted octanol–water partition coefficient (Wildman–Crippen LogP) is 6.57. The van der Waals surface area contributed by atoms with E-state index in [2.05, 4.69) is 27.8 Å². The lowest BCUT2D eigenvalue weighted by molar-refractivity contribution is -0.118. The molecule has 1 aromatic heterocycles. The number of anilines is 1. The first kappa shape index (κ1) is 26.5. The normalized spacial score (nSPS) is 11.6. The maximum Gasteiger partial charge on any atom is 0.251 e. The molecule has 0 bridgehead atoms. The molecule has 3 aromatic carbocycles. The van der Waals surface area contributed by atoms with Crippen molar-refractivity contribution >= 4 is 39.9 Å². The molecule has 0 saturated heterocycles. The Kier molecular flexibility index (Phi) is 9.40. The van der Waals surface area contributed by atoms with Crippen LogP contribution in [-0.4, -0.2) is 28.1 Å². The molecule has 0 aliphatic carbocycles. The second-order valence-electron chi connectivity index (χ2n) is 8.78. The summed E-state index contributed by atoms with van der Waals surface area (Å²) >= 11 is 7.23. The molecule has 190 valence electrons. The average molecular weight is 533 g/mol. The van der Waals surface area contributed by atoms with E-state index in [1.165, 1.54) is 29.7 Å². The van der Waals surface area contributed by atoms with Crippen molar-refractivity contribution in [3.8, 4) is 10.6 Å². The Morgan fingerprint density at radius 3 is 2.32 bits per heavy atom. The summed E-state index contributed by atoms with van der Waals surface area (Å²) in [4.78, 5) is 26.3. The number of amides is 2. The Balaban J connectivity index is 1.45. The zero-order chi connectivity index (χ0) is 26.0. The van der Waals surface area contributed by atoms with Crippen LogP contribution in [0.4, 0.5) is 5.13 Å². The van der Waals surface area contributed by atoms with Crippen molar-refractivity contribution in [3.05, 3.63) is 101 Å². The van der Waals surface area contributed by atoms with E-state index in [0.717, 1.165) is 24.0 Å². The Morgan fingerprint density at radius 1 is 0.892 bits per heavy atom. The van der Waals surface area contributed by atoms with Crippen LogP contribution in [0.2, 0.25) is 5.02 Å². The number of carbonyl (C=O) groups excluding carboxylic acids is 2. The van der Waals surface area contributed by atoms with Crippen molar-refractivity contribution in [2.75, 3.05) is 5.32 Å². The SMILES string of the molecule is CCCCCc1ccc(C(=O)N[C@H](Cc2ccccc2)C(=O)Nc2nnc(-c3ccc(Cl)cc3)s2)cc1. The number of nitrogens with one attached hydrogen (secondary N) is 2. The fourth-order valence-electron chi connectivity index (χ4n) is 3.88. The molecule has 2 N–H and O–H groups in total. The number of hydrogen-bond donors (Lipinski definition) is 2. The highest BCUT2D eigenvalue weighted by Crippen LogP contribution is 2.27. The first-order valence-electron chi connectivity index (χ1n) is 12.4. The number of halogens is 1. The van der Waals surface area contributed by atoms with Gasteiger partial charge >= 0.3 is 0 Å². The number of benzene rings is 3. The predicted molar refractivity (Wildman–Crippen MR) is 150 cm³/mol. The standard InChI is InChI=1S/C29H29ClN4O2S/c1-2-3-5-8-20-11-13-22(14-12-20)26(35)31-25(19-21-9-6-4-7-10-21)27(36)32-29-34-33-28(37-29)23-15-17-24(30)18-16-23/h4,6-7,9-18,25H,2-3,5,8,19H2,1H3,(H,31,35)(H,32,34,36)/t25-/m1/s1. The number of nitrogens with zero attached hydrogens (tertiary/aromatic N) is 2. The zero-order valence-electron chi connectivity index (χ0n) is 20.6. The highest BCUT2D eigenvalue weighted by atomic mass is 35.5. The van der Waals surface area contributed by atoms with Crippen LogP contribution in [0.5, 0.6) is 0 Å². The van der Waals surface area contributed by atoms with Crippen LogP contribution in [0.1, 0.15) is 47.7 Å². The molecule has 37 heavy (non-hydrogen) atoms. The summed E-state index contributed by atoms with van der Waals surface area (Å²) in [6.45, 7) is 2.18. The molecule has 0 radical (unpaired) electrons. The van der Waals surface area contributed by atoms with Gasteiger partial charge in [-0.15, -0.1) is 10.2 Å². The molecule has 4 aromatic rings. The summed E-state index contributed by atoms with van der Waals surface area (Å²) in [5, 5.41) is 15.7. The summed E-state index contributed by atoms with van der Waals surface area (Å²) in [5.41, 5.74) is 3.52. The van der Waals surface area contributed by atoms with Gasteiger partial charge in [-0.25, -0.2) is 0 Å². The molecule has 6 nitrogen and oxygen atoms in total. The van der Waals surface area contributed by atoms with Gasteiger partial charge in [-0.3, -0.25) is 14.9 Å². The van der Waals surface area contributed by atoms with Gasteiger partial charge in [-0.1, -0.05) is 97.3 Å². The minimum absolute atomic E-state index is 0.296. The van der Waals surface area contributed by atoms with E-state index < -0.39 is 6.04 Å². The minimum Gasteiger partial charge on any atom is -0.340 e. The number of hydrogen-bond acceptors (Lipinski definition) is 5. The lowest BCUT2D eigenvalue weighted by atomic mass is 10.0. The molecule has 0 aliphatic rings. The number of aryl methyl sites for hydroxylation is 1. The van der Waals surface area contributed by atoms with E-state index >= 15 is 0 Å². The van der Waals surface area contributed by atoms with Crippen LogP contribution in [-0.2, 0) is 17.6 Å². The Hall–Kier alpha value is -3.55. The van der Waals surface area contributed by atoms with Crippen molar-refractivity contribution in [1.29, 1.82) is 0 Å². The van der Waals surface area contributed by atoms with E-state index in [1.54, 1.807) is 12.1 Å². The number of carbonyl (C=O) groups is 2. The van der Waals surface area contributed by atoms with Crippen LogP contribution >= 0.6 is 22.9 Å². The van der Waals surface area contributed by atoms with E-state index in [0.29, 0.717) is 27.1 Å². The number of rotatable bonds is 11. The number of unbranched alkanes of at least 4 members (excludes halogenated alkanes) is 2. The van der Waals surface area contributed by atoms with Crippen molar-refractivity contribution in [2.24, 2.45) is 0 Å². The maximum atomic E-state index is 13.3. The third kappa shape index (κ3) is 7.71. The fourth-order valence-corrected chi connectivity index (χ4v) is 4.76. The van der Waals surface area contributed by atoms with E-state index in [-0.39, 0.29) is 11.8 Å². The quantitative estimate of drug-likeness (QED) is 0.214. The van der Waals surface area contributed by atoms with Crippen molar-refractivity contribution in [2.45, 2.75) is 45.1 Å². The van der Waals surface area contributed by atoms with Crippen LogP contribution in [0.25, 0.3) is 10.6 Å². The largest absolute Gasteiger partial charge is 0.340 e. The molecule has 0 fully saturated rings. The van der Waals surface area contributed by atoms with Gasteiger partial charge in [0.2, 0.25) is 11.0 Å². The second kappa shape index (κ2) is 13.1. The third-order valence-corrected chi connectivity index (χ3v) is 7.08. The van der Waals surface area contributed by atoms with Gasteiger partial charge in [-0.2, -0.15) is 0 Å². The highest BCUT2D eigenvalue weighted by molar-refractivity contribution is 7.18. The van der Waals surface area contributed by atoms with Crippen LogP contribution < -0.4 is 10.6 Å². The van der Waals surface area contributed by atoms with Crippen molar-refractivity contribution in [3.63, 3.8) is 0 Å². The summed E-state index contributed by atoms with van der Waals surface area (Å²) in [7, 11) is 0. The molecule has 0 aliphatic heterocycles. The lowest BCUT2D eigenvalue weighted by Crippen LogP contribution is -2.45. The molecule has 1 atom stereocenters. The summed E-state index contributed by atoms with van der Waals surface area (Å²) < 4.78 is 0. The Bertz CT molecular complexity index is 1310. The highest BCUT2D eigenvalue weighted by Gasteiger charge is 2.23. The molecule has 8 heteroatoms. The average Bonchev–Trinajstić information content (AvgIpc) is 3.38. The molecule has 4 rings (SSSR count). The van der Waals surface area contributed by atoms with Crippen LogP contribution in [0.15, 0.2) is 78.9 Å². The summed E-state index contributed by atoms with van der Waals surface area (Å²) in [6.07, 6.45) is 4.83.